The molecule has 1 heterocycles. The number of hydrogen-bond donors (Lipinski definition) is 1. The minimum absolute atomic E-state index is 0.601. The molecule has 4 heteroatoms. The zero-order valence-electron chi connectivity index (χ0n) is 10.8. The monoisotopic (exact) mass is 335 g/mol. The highest BCUT2D eigenvalue weighted by Gasteiger charge is 2.11. The molecule has 0 saturated carbocycles. The summed E-state index contributed by atoms with van der Waals surface area (Å²) < 4.78 is 1.23. The first-order valence-corrected chi connectivity index (χ1v) is 8.90. The summed E-state index contributed by atoms with van der Waals surface area (Å²) in [6.07, 6.45) is 2.40. The fourth-order valence-electron chi connectivity index (χ4n) is 1.58. The van der Waals surface area contributed by atoms with Gasteiger partial charge in [0.15, 0.2) is 0 Å². The molecule has 0 aliphatic heterocycles. The van der Waals surface area contributed by atoms with Crippen LogP contribution in [0.4, 0.5) is 0 Å². The standard InChI is InChI=1S/C13H22BrNS2/c1-4-10(3)16-9-11(15-5-2)8-12-6-7-13(14)17-12/h6-7,10-11,15H,4-5,8-9H2,1-3H3. The summed E-state index contributed by atoms with van der Waals surface area (Å²) in [6.45, 7) is 7.81. The van der Waals surface area contributed by atoms with Crippen molar-refractivity contribution < 1.29 is 0 Å². The first-order chi connectivity index (χ1) is 8.15. The molecule has 2 atom stereocenters. The molecule has 1 aromatic rings. The largest absolute Gasteiger partial charge is 0.313 e. The third-order valence-corrected chi connectivity index (χ3v) is 5.87. The van der Waals surface area contributed by atoms with Crippen molar-refractivity contribution in [3.8, 4) is 0 Å². The molecule has 0 amide bonds. The molecule has 0 radical (unpaired) electrons. The van der Waals surface area contributed by atoms with E-state index in [2.05, 4.69) is 65.9 Å². The predicted octanol–water partition coefficient (Wildman–Crippen LogP) is 4.56. The van der Waals surface area contributed by atoms with Crippen LogP contribution >= 0.6 is 39.0 Å². The summed E-state index contributed by atoms with van der Waals surface area (Å²) >= 11 is 7.46. The molecule has 0 fully saturated rings. The maximum atomic E-state index is 3.59. The van der Waals surface area contributed by atoms with Gasteiger partial charge in [0.25, 0.3) is 0 Å². The summed E-state index contributed by atoms with van der Waals surface area (Å²) in [4.78, 5) is 1.47. The van der Waals surface area contributed by atoms with Crippen LogP contribution in [0.1, 0.15) is 32.1 Å². The van der Waals surface area contributed by atoms with Gasteiger partial charge in [-0.05, 0) is 47.4 Å². The molecular weight excluding hydrogens is 314 g/mol. The SMILES string of the molecule is CCNC(CSC(C)CC)Cc1ccc(Br)s1. The number of halogens is 1. The molecule has 1 rings (SSSR count). The molecule has 2 unspecified atom stereocenters. The van der Waals surface area contributed by atoms with Crippen molar-refractivity contribution in [2.75, 3.05) is 12.3 Å². The van der Waals surface area contributed by atoms with E-state index in [-0.39, 0.29) is 0 Å². The number of hydrogen-bond acceptors (Lipinski definition) is 3. The van der Waals surface area contributed by atoms with Crippen molar-refractivity contribution in [2.45, 2.75) is 44.9 Å². The lowest BCUT2D eigenvalue weighted by atomic mass is 10.2. The molecule has 98 valence electrons. The van der Waals surface area contributed by atoms with Crippen molar-refractivity contribution in [3.63, 3.8) is 0 Å². The zero-order valence-corrected chi connectivity index (χ0v) is 14.1. The normalized spacial score (nSPS) is 14.8. The van der Waals surface area contributed by atoms with Crippen molar-refractivity contribution in [1.29, 1.82) is 0 Å². The van der Waals surface area contributed by atoms with Crippen LogP contribution in [0.2, 0.25) is 0 Å². The number of nitrogens with one attached hydrogen (secondary N) is 1. The molecule has 0 bridgehead atoms. The van der Waals surface area contributed by atoms with E-state index < -0.39 is 0 Å². The Balaban J connectivity index is 2.42. The van der Waals surface area contributed by atoms with E-state index in [1.54, 1.807) is 0 Å². The molecule has 0 aliphatic carbocycles. The van der Waals surface area contributed by atoms with Crippen LogP contribution in [0.3, 0.4) is 0 Å². The van der Waals surface area contributed by atoms with Crippen LogP contribution < -0.4 is 5.32 Å². The van der Waals surface area contributed by atoms with E-state index >= 15 is 0 Å². The molecule has 17 heavy (non-hydrogen) atoms. The molecule has 0 aromatic carbocycles. The van der Waals surface area contributed by atoms with Gasteiger partial charge in [0.05, 0.1) is 3.79 Å². The molecule has 1 N–H and O–H groups in total. The minimum Gasteiger partial charge on any atom is -0.313 e. The second kappa shape index (κ2) is 8.57. The van der Waals surface area contributed by atoms with Crippen LogP contribution in [0.5, 0.6) is 0 Å². The Kier molecular flexibility index (Phi) is 7.84. The average molecular weight is 336 g/mol. The van der Waals surface area contributed by atoms with Crippen LogP contribution in [0.25, 0.3) is 0 Å². The van der Waals surface area contributed by atoms with Gasteiger partial charge in [-0.2, -0.15) is 11.8 Å². The lowest BCUT2D eigenvalue weighted by Crippen LogP contribution is -2.33. The fourth-order valence-corrected chi connectivity index (χ4v) is 4.18. The Hall–Kier alpha value is 0.490. The van der Waals surface area contributed by atoms with Crippen LogP contribution in [0.15, 0.2) is 15.9 Å². The Morgan fingerprint density at radius 1 is 1.41 bits per heavy atom. The highest BCUT2D eigenvalue weighted by atomic mass is 79.9. The van der Waals surface area contributed by atoms with Gasteiger partial charge in [0.2, 0.25) is 0 Å². The van der Waals surface area contributed by atoms with Gasteiger partial charge in [-0.15, -0.1) is 11.3 Å². The Morgan fingerprint density at radius 3 is 2.71 bits per heavy atom. The van der Waals surface area contributed by atoms with Gasteiger partial charge < -0.3 is 5.32 Å². The summed E-state index contributed by atoms with van der Waals surface area (Å²) in [7, 11) is 0. The van der Waals surface area contributed by atoms with Crippen LogP contribution in [-0.4, -0.2) is 23.6 Å². The predicted molar refractivity (Wildman–Crippen MR) is 85.4 cm³/mol. The molecule has 0 saturated heterocycles. The topological polar surface area (TPSA) is 12.0 Å². The maximum Gasteiger partial charge on any atom is 0.0701 e. The Labute approximate surface area is 122 Å². The van der Waals surface area contributed by atoms with Crippen LogP contribution in [-0.2, 0) is 6.42 Å². The highest BCUT2D eigenvalue weighted by molar-refractivity contribution is 9.11. The lowest BCUT2D eigenvalue weighted by Gasteiger charge is -2.18. The van der Waals surface area contributed by atoms with Crippen molar-refractivity contribution >= 4 is 39.0 Å². The lowest BCUT2D eigenvalue weighted by molar-refractivity contribution is 0.575. The van der Waals surface area contributed by atoms with Gasteiger partial charge in [-0.3, -0.25) is 0 Å². The van der Waals surface area contributed by atoms with E-state index in [0.29, 0.717) is 6.04 Å². The van der Waals surface area contributed by atoms with Crippen LogP contribution in [0, 0.1) is 0 Å². The smallest absolute Gasteiger partial charge is 0.0701 e. The van der Waals surface area contributed by atoms with Crippen molar-refractivity contribution in [3.05, 3.63) is 20.8 Å². The number of thiophene rings is 1. The first kappa shape index (κ1) is 15.5. The second-order valence-electron chi connectivity index (χ2n) is 4.22. The van der Waals surface area contributed by atoms with E-state index in [1.807, 2.05) is 11.3 Å². The average Bonchev–Trinajstić information content (AvgIpc) is 2.71. The first-order valence-electron chi connectivity index (χ1n) is 6.24. The van der Waals surface area contributed by atoms with E-state index in [4.69, 9.17) is 0 Å². The second-order valence-corrected chi connectivity index (χ2v) is 8.24. The Bertz CT molecular complexity index is 314. The van der Waals surface area contributed by atoms with Gasteiger partial charge in [0, 0.05) is 21.9 Å². The summed E-state index contributed by atoms with van der Waals surface area (Å²) in [5, 5.41) is 4.36. The minimum atomic E-state index is 0.601. The van der Waals surface area contributed by atoms with Crippen molar-refractivity contribution in [1.82, 2.24) is 5.32 Å². The third-order valence-electron chi connectivity index (χ3n) is 2.73. The molecule has 1 nitrogen and oxygen atoms in total. The van der Waals surface area contributed by atoms with E-state index in [1.165, 1.54) is 20.8 Å². The molecule has 1 aromatic heterocycles. The Morgan fingerprint density at radius 2 is 2.18 bits per heavy atom. The number of thioether (sulfide) groups is 1. The van der Waals surface area contributed by atoms with Gasteiger partial charge >= 0.3 is 0 Å². The molecular formula is C13H22BrNS2. The quantitative estimate of drug-likeness (QED) is 0.747. The fraction of sp³-hybridized carbons (Fsp3) is 0.692. The summed E-state index contributed by atoms with van der Waals surface area (Å²) in [6, 6.07) is 4.97. The highest BCUT2D eigenvalue weighted by Crippen LogP contribution is 2.24. The maximum absolute atomic E-state index is 3.59. The van der Waals surface area contributed by atoms with Crippen molar-refractivity contribution in [2.24, 2.45) is 0 Å². The van der Waals surface area contributed by atoms with Gasteiger partial charge in [-0.25, -0.2) is 0 Å². The summed E-state index contributed by atoms with van der Waals surface area (Å²) in [5.74, 6) is 1.21. The van der Waals surface area contributed by atoms with E-state index in [9.17, 15) is 0 Å². The molecule has 0 spiro atoms. The number of likely N-dealkylation sites (N-methyl/N-ethyl adjacent to an activating group) is 1. The van der Waals surface area contributed by atoms with E-state index in [0.717, 1.165) is 18.2 Å². The zero-order chi connectivity index (χ0) is 12.7. The van der Waals surface area contributed by atoms with Gasteiger partial charge in [0.1, 0.15) is 0 Å². The number of rotatable bonds is 8. The molecule has 0 aliphatic rings. The van der Waals surface area contributed by atoms with Gasteiger partial charge in [-0.1, -0.05) is 20.8 Å². The third kappa shape index (κ3) is 6.27. The summed E-state index contributed by atoms with van der Waals surface area (Å²) in [5.41, 5.74) is 0.